The van der Waals surface area contributed by atoms with E-state index in [1.54, 1.807) is 42.5 Å². The van der Waals surface area contributed by atoms with Gasteiger partial charge in [0.2, 0.25) is 0 Å². The van der Waals surface area contributed by atoms with Gasteiger partial charge in [-0.2, -0.15) is 0 Å². The van der Waals surface area contributed by atoms with Crippen molar-refractivity contribution < 1.29 is 39.5 Å². The number of hydrogen-bond donors (Lipinski definition) is 4. The molecule has 1 aliphatic carbocycles. The number of hydrogen-bond acceptors (Lipinski definition) is 8. The van der Waals surface area contributed by atoms with Crippen molar-refractivity contribution in [1.29, 1.82) is 0 Å². The van der Waals surface area contributed by atoms with E-state index in [9.17, 15) is 30.0 Å². The number of aliphatic hydroxyl groups is 4. The van der Waals surface area contributed by atoms with E-state index in [0.29, 0.717) is 22.3 Å². The third kappa shape index (κ3) is 3.40. The van der Waals surface area contributed by atoms with Gasteiger partial charge in [-0.1, -0.05) is 30.3 Å². The van der Waals surface area contributed by atoms with Gasteiger partial charge in [0, 0.05) is 22.3 Å². The second kappa shape index (κ2) is 7.75. The Labute approximate surface area is 165 Å². The van der Waals surface area contributed by atoms with Crippen LogP contribution in [0.25, 0.3) is 0 Å². The lowest BCUT2D eigenvalue weighted by Crippen LogP contribution is -2.59. The predicted octanol–water partition coefficient (Wildman–Crippen LogP) is -0.222. The van der Waals surface area contributed by atoms with Crippen LogP contribution in [-0.4, -0.2) is 69.3 Å². The average molecular weight is 400 g/mol. The van der Waals surface area contributed by atoms with E-state index < -0.39 is 37.3 Å². The summed E-state index contributed by atoms with van der Waals surface area (Å²) in [6.07, 6.45) is -6.87. The van der Waals surface area contributed by atoms with E-state index in [2.05, 4.69) is 0 Å². The SMILES string of the molecule is O=C1c2ccccc2C(=O)c2cc(CO[C@@H]3O[C@H](CO)[C@@H](O)[C@H](O)[C@H]3O)ccc21. The molecule has 4 N–H and O–H groups in total. The molecule has 0 radical (unpaired) electrons. The molecule has 5 atom stereocenters. The monoisotopic (exact) mass is 400 g/mol. The molecule has 0 saturated carbocycles. The van der Waals surface area contributed by atoms with Crippen LogP contribution < -0.4 is 0 Å². The molecule has 0 bridgehead atoms. The number of benzene rings is 2. The van der Waals surface area contributed by atoms with E-state index in [1.165, 1.54) is 0 Å². The molecule has 2 aliphatic rings. The standard InChI is InChI=1S/C21H20O8/c22-8-15-18(25)19(26)20(27)21(29-15)28-9-10-5-6-13-14(7-10)17(24)12-4-2-1-3-11(12)16(13)23/h1-7,15,18-22,25-27H,8-9H2/t15-,18-,19+,20-,21-/m1/s1. The molecule has 4 rings (SSSR count). The molecule has 152 valence electrons. The number of fused-ring (bicyclic) bond motifs is 2. The van der Waals surface area contributed by atoms with Gasteiger partial charge in [0.15, 0.2) is 17.9 Å². The van der Waals surface area contributed by atoms with Crippen molar-refractivity contribution in [2.75, 3.05) is 6.61 Å². The van der Waals surface area contributed by atoms with E-state index in [1.807, 2.05) is 0 Å². The summed E-state index contributed by atoms with van der Waals surface area (Å²) in [5.41, 5.74) is 1.85. The summed E-state index contributed by atoms with van der Waals surface area (Å²) in [6, 6.07) is 11.4. The predicted molar refractivity (Wildman–Crippen MR) is 98.3 cm³/mol. The zero-order valence-corrected chi connectivity index (χ0v) is 15.3. The highest BCUT2D eigenvalue weighted by atomic mass is 16.7. The summed E-state index contributed by atoms with van der Waals surface area (Å²) in [5, 5.41) is 38.9. The van der Waals surface area contributed by atoms with E-state index in [4.69, 9.17) is 9.47 Å². The van der Waals surface area contributed by atoms with Crippen molar-refractivity contribution in [2.24, 2.45) is 0 Å². The minimum Gasteiger partial charge on any atom is -0.394 e. The zero-order valence-electron chi connectivity index (χ0n) is 15.3. The van der Waals surface area contributed by atoms with Crippen molar-refractivity contribution in [1.82, 2.24) is 0 Å². The summed E-state index contributed by atoms with van der Waals surface area (Å²) in [4.78, 5) is 25.4. The number of ketones is 2. The molecule has 0 amide bonds. The highest BCUT2D eigenvalue weighted by molar-refractivity contribution is 6.28. The first-order valence-corrected chi connectivity index (χ1v) is 9.16. The number of aliphatic hydroxyl groups excluding tert-OH is 4. The van der Waals surface area contributed by atoms with Gasteiger partial charge in [-0.3, -0.25) is 9.59 Å². The Balaban J connectivity index is 1.53. The van der Waals surface area contributed by atoms with Crippen molar-refractivity contribution in [3.05, 3.63) is 70.3 Å². The lowest BCUT2D eigenvalue weighted by Gasteiger charge is -2.39. The van der Waals surface area contributed by atoms with Crippen LogP contribution in [0.4, 0.5) is 0 Å². The van der Waals surface area contributed by atoms with Gasteiger partial charge < -0.3 is 29.9 Å². The quantitative estimate of drug-likeness (QED) is 0.472. The van der Waals surface area contributed by atoms with Crippen LogP contribution in [0.2, 0.25) is 0 Å². The Morgan fingerprint density at radius 1 is 0.828 bits per heavy atom. The maximum Gasteiger partial charge on any atom is 0.194 e. The summed E-state index contributed by atoms with van der Waals surface area (Å²) < 4.78 is 10.8. The van der Waals surface area contributed by atoms with Crippen LogP contribution >= 0.6 is 0 Å². The molecule has 2 aromatic rings. The summed E-state index contributed by atoms with van der Waals surface area (Å²) in [5.74, 6) is -0.485. The molecule has 0 unspecified atom stereocenters. The fraction of sp³-hybridized carbons (Fsp3) is 0.333. The topological polar surface area (TPSA) is 134 Å². The second-order valence-electron chi connectivity index (χ2n) is 7.09. The van der Waals surface area contributed by atoms with E-state index >= 15 is 0 Å². The largest absolute Gasteiger partial charge is 0.394 e. The molecule has 29 heavy (non-hydrogen) atoms. The molecule has 8 heteroatoms. The maximum absolute atomic E-state index is 12.8. The lowest BCUT2D eigenvalue weighted by molar-refractivity contribution is -0.304. The van der Waals surface area contributed by atoms with Crippen LogP contribution in [0, 0.1) is 0 Å². The van der Waals surface area contributed by atoms with Crippen LogP contribution in [-0.2, 0) is 16.1 Å². The zero-order chi connectivity index (χ0) is 20.7. The van der Waals surface area contributed by atoms with Gasteiger partial charge in [0.25, 0.3) is 0 Å². The first-order valence-electron chi connectivity index (χ1n) is 9.16. The molecule has 1 heterocycles. The van der Waals surface area contributed by atoms with E-state index in [0.717, 1.165) is 0 Å². The first-order chi connectivity index (χ1) is 13.9. The Kier molecular flexibility index (Phi) is 5.30. The summed E-state index contributed by atoms with van der Waals surface area (Å²) in [6.45, 7) is -0.640. The van der Waals surface area contributed by atoms with Crippen LogP contribution in [0.1, 0.15) is 37.4 Å². The normalized spacial score (nSPS) is 28.8. The number of ether oxygens (including phenoxy) is 2. The summed E-state index contributed by atoms with van der Waals surface area (Å²) >= 11 is 0. The third-order valence-electron chi connectivity index (χ3n) is 5.25. The van der Waals surface area contributed by atoms with Crippen LogP contribution in [0.15, 0.2) is 42.5 Å². The molecular formula is C21H20O8. The molecule has 0 aromatic heterocycles. The minimum absolute atomic E-state index is 0.0842. The number of rotatable bonds is 4. The Hall–Kier alpha value is -2.46. The Bertz CT molecular complexity index is 953. The maximum atomic E-state index is 12.8. The van der Waals surface area contributed by atoms with Gasteiger partial charge in [0.1, 0.15) is 24.4 Å². The number of carbonyl (C=O) groups is 2. The molecular weight excluding hydrogens is 380 g/mol. The van der Waals surface area contributed by atoms with Gasteiger partial charge in [0.05, 0.1) is 13.2 Å². The molecule has 1 aliphatic heterocycles. The van der Waals surface area contributed by atoms with Gasteiger partial charge in [-0.25, -0.2) is 0 Å². The van der Waals surface area contributed by atoms with Crippen molar-refractivity contribution >= 4 is 11.6 Å². The summed E-state index contributed by atoms with van der Waals surface area (Å²) in [7, 11) is 0. The Morgan fingerprint density at radius 3 is 2.10 bits per heavy atom. The van der Waals surface area contributed by atoms with Gasteiger partial charge in [-0.05, 0) is 17.7 Å². The molecule has 8 nitrogen and oxygen atoms in total. The molecule has 1 fully saturated rings. The first kappa shape index (κ1) is 19.8. The minimum atomic E-state index is -1.54. The van der Waals surface area contributed by atoms with Gasteiger partial charge >= 0.3 is 0 Å². The molecule has 2 aromatic carbocycles. The highest BCUT2D eigenvalue weighted by Crippen LogP contribution is 2.29. The highest BCUT2D eigenvalue weighted by Gasteiger charge is 2.44. The fourth-order valence-electron chi connectivity index (χ4n) is 3.62. The van der Waals surface area contributed by atoms with Gasteiger partial charge in [-0.15, -0.1) is 0 Å². The van der Waals surface area contributed by atoms with Crippen molar-refractivity contribution in [3.8, 4) is 0 Å². The molecule has 1 saturated heterocycles. The van der Waals surface area contributed by atoms with Crippen LogP contribution in [0.5, 0.6) is 0 Å². The van der Waals surface area contributed by atoms with Crippen molar-refractivity contribution in [2.45, 2.75) is 37.3 Å². The van der Waals surface area contributed by atoms with Crippen molar-refractivity contribution in [3.63, 3.8) is 0 Å². The molecule has 0 spiro atoms. The lowest BCUT2D eigenvalue weighted by atomic mass is 9.83. The number of carbonyl (C=O) groups excluding carboxylic acids is 2. The fourth-order valence-corrected chi connectivity index (χ4v) is 3.62. The second-order valence-corrected chi connectivity index (χ2v) is 7.09. The Morgan fingerprint density at radius 2 is 1.45 bits per heavy atom. The smallest absolute Gasteiger partial charge is 0.194 e. The van der Waals surface area contributed by atoms with E-state index in [-0.39, 0.29) is 23.7 Å². The third-order valence-corrected chi connectivity index (χ3v) is 5.25. The average Bonchev–Trinajstić information content (AvgIpc) is 2.75. The van der Waals surface area contributed by atoms with Crippen LogP contribution in [0.3, 0.4) is 0 Å².